The van der Waals surface area contributed by atoms with Gasteiger partial charge in [-0.1, -0.05) is 0 Å². The van der Waals surface area contributed by atoms with Crippen LogP contribution in [0.15, 0.2) is 18.3 Å². The maximum atomic E-state index is 13.0. The number of fused-ring (bicyclic) bond motifs is 1. The monoisotopic (exact) mass is 263 g/mol. The Kier molecular flexibility index (Phi) is 3.10. The molecular weight excluding hydrogens is 245 g/mol. The highest BCUT2D eigenvalue weighted by Crippen LogP contribution is 2.26. The van der Waals surface area contributed by atoms with Gasteiger partial charge < -0.3 is 5.32 Å². The van der Waals surface area contributed by atoms with Crippen molar-refractivity contribution in [3.8, 4) is 0 Å². The topological polar surface area (TPSA) is 45.5 Å². The van der Waals surface area contributed by atoms with Gasteiger partial charge in [-0.25, -0.2) is 8.91 Å². The van der Waals surface area contributed by atoms with Crippen molar-refractivity contribution in [2.24, 2.45) is 0 Å². The highest BCUT2D eigenvalue weighted by atomic mass is 19.1. The van der Waals surface area contributed by atoms with Crippen molar-refractivity contribution in [3.63, 3.8) is 0 Å². The minimum atomic E-state index is -0.314. The van der Waals surface area contributed by atoms with Gasteiger partial charge in [0.1, 0.15) is 5.82 Å². The van der Waals surface area contributed by atoms with Gasteiger partial charge in [0.25, 0.3) is 0 Å². The minimum Gasteiger partial charge on any atom is -0.351 e. The van der Waals surface area contributed by atoms with Gasteiger partial charge in [-0.3, -0.25) is 4.90 Å². The van der Waals surface area contributed by atoms with Crippen molar-refractivity contribution < 1.29 is 4.39 Å². The quantitative estimate of drug-likeness (QED) is 0.893. The van der Waals surface area contributed by atoms with Gasteiger partial charge in [0.05, 0.1) is 6.20 Å². The molecule has 3 rings (SSSR count). The molecule has 0 bridgehead atoms. The molecule has 0 spiro atoms. The molecule has 2 aromatic rings. The summed E-state index contributed by atoms with van der Waals surface area (Å²) in [4.78, 5) is 6.68. The lowest BCUT2D eigenvalue weighted by molar-refractivity contribution is 0.257. The Labute approximate surface area is 111 Å². The number of anilines is 1. The fraction of sp³-hybridized carbons (Fsp3) is 0.538. The van der Waals surface area contributed by atoms with Crippen molar-refractivity contribution in [1.29, 1.82) is 0 Å². The van der Waals surface area contributed by atoms with E-state index in [0.717, 1.165) is 12.6 Å². The molecular formula is C13H18FN5. The number of halogens is 1. The van der Waals surface area contributed by atoms with Crippen LogP contribution in [-0.4, -0.2) is 45.2 Å². The predicted octanol–water partition coefficient (Wildman–Crippen LogP) is 1.76. The van der Waals surface area contributed by atoms with Crippen LogP contribution < -0.4 is 5.32 Å². The molecule has 1 aliphatic rings. The number of nitrogens with zero attached hydrogens (tertiary/aromatic N) is 4. The molecule has 0 radical (unpaired) electrons. The van der Waals surface area contributed by atoms with Gasteiger partial charge in [0.2, 0.25) is 5.95 Å². The first-order valence-electron chi connectivity index (χ1n) is 6.61. The molecule has 0 aromatic carbocycles. The zero-order valence-electron chi connectivity index (χ0n) is 11.2. The SMILES string of the molecule is CC(CNc1nc2ccc(F)cn2n1)N(C)C1CC1. The van der Waals surface area contributed by atoms with Crippen LogP contribution in [0, 0.1) is 5.82 Å². The summed E-state index contributed by atoms with van der Waals surface area (Å²) in [6, 6.07) is 4.17. The van der Waals surface area contributed by atoms with Gasteiger partial charge >= 0.3 is 0 Å². The van der Waals surface area contributed by atoms with Gasteiger partial charge in [0.15, 0.2) is 5.65 Å². The number of aromatic nitrogens is 3. The first-order chi connectivity index (χ1) is 9.13. The summed E-state index contributed by atoms with van der Waals surface area (Å²) in [6.45, 7) is 2.97. The van der Waals surface area contributed by atoms with Gasteiger partial charge in [-0.05, 0) is 38.9 Å². The molecule has 1 aliphatic carbocycles. The molecule has 2 aromatic heterocycles. The smallest absolute Gasteiger partial charge is 0.243 e. The van der Waals surface area contributed by atoms with Crippen molar-refractivity contribution in [2.75, 3.05) is 18.9 Å². The Morgan fingerprint density at radius 3 is 3.05 bits per heavy atom. The Bertz CT molecular complexity index is 577. The third-order valence-corrected chi connectivity index (χ3v) is 3.67. The summed E-state index contributed by atoms with van der Waals surface area (Å²) in [5, 5.41) is 7.41. The fourth-order valence-corrected chi connectivity index (χ4v) is 2.16. The van der Waals surface area contributed by atoms with Crippen molar-refractivity contribution in [2.45, 2.75) is 31.8 Å². The highest BCUT2D eigenvalue weighted by molar-refractivity contribution is 5.43. The Balaban J connectivity index is 1.64. The summed E-state index contributed by atoms with van der Waals surface area (Å²) in [7, 11) is 2.15. The molecule has 102 valence electrons. The van der Waals surface area contributed by atoms with E-state index in [1.54, 1.807) is 6.07 Å². The van der Waals surface area contributed by atoms with E-state index in [1.807, 2.05) is 0 Å². The van der Waals surface area contributed by atoms with E-state index in [4.69, 9.17) is 0 Å². The fourth-order valence-electron chi connectivity index (χ4n) is 2.16. The first kappa shape index (κ1) is 12.3. The third-order valence-electron chi connectivity index (χ3n) is 3.67. The standard InChI is InChI=1S/C13H18FN5/c1-9(18(2)11-4-5-11)7-15-13-16-12-6-3-10(14)8-19(12)17-13/h3,6,8-9,11H,4-5,7H2,1-2H3,(H,15,17). The van der Waals surface area contributed by atoms with E-state index >= 15 is 0 Å². The summed E-state index contributed by atoms with van der Waals surface area (Å²) in [5.41, 5.74) is 0.645. The summed E-state index contributed by atoms with van der Waals surface area (Å²) < 4.78 is 14.5. The number of rotatable bonds is 5. The summed E-state index contributed by atoms with van der Waals surface area (Å²) in [6.07, 6.45) is 3.92. The zero-order chi connectivity index (χ0) is 13.4. The molecule has 1 fully saturated rings. The third kappa shape index (κ3) is 2.68. The van der Waals surface area contributed by atoms with E-state index in [-0.39, 0.29) is 5.82 Å². The van der Waals surface area contributed by atoms with Crippen LogP contribution in [0.3, 0.4) is 0 Å². The molecule has 0 aliphatic heterocycles. The van der Waals surface area contributed by atoms with Crippen LogP contribution in [0.1, 0.15) is 19.8 Å². The molecule has 1 unspecified atom stereocenters. The van der Waals surface area contributed by atoms with E-state index in [1.165, 1.54) is 29.6 Å². The molecule has 5 nitrogen and oxygen atoms in total. The summed E-state index contributed by atoms with van der Waals surface area (Å²) >= 11 is 0. The Morgan fingerprint density at radius 1 is 1.53 bits per heavy atom. The van der Waals surface area contributed by atoms with Crippen LogP contribution in [0.5, 0.6) is 0 Å². The van der Waals surface area contributed by atoms with Gasteiger partial charge in [0, 0.05) is 18.6 Å². The minimum absolute atomic E-state index is 0.314. The average molecular weight is 263 g/mol. The maximum absolute atomic E-state index is 13.0. The second-order valence-corrected chi connectivity index (χ2v) is 5.21. The van der Waals surface area contributed by atoms with Crippen LogP contribution in [-0.2, 0) is 0 Å². The normalized spacial score (nSPS) is 17.1. The second-order valence-electron chi connectivity index (χ2n) is 5.21. The molecule has 6 heteroatoms. The number of pyridine rings is 1. The molecule has 1 N–H and O–H groups in total. The first-order valence-corrected chi connectivity index (χ1v) is 6.61. The summed E-state index contributed by atoms with van der Waals surface area (Å²) in [5.74, 6) is 0.229. The highest BCUT2D eigenvalue weighted by Gasteiger charge is 2.28. The number of likely N-dealkylation sites (N-methyl/N-ethyl adjacent to an activating group) is 1. The van der Waals surface area contributed by atoms with Crippen molar-refractivity contribution >= 4 is 11.6 Å². The van der Waals surface area contributed by atoms with Crippen molar-refractivity contribution in [3.05, 3.63) is 24.1 Å². The average Bonchev–Trinajstić information content (AvgIpc) is 3.16. The van der Waals surface area contributed by atoms with Crippen LogP contribution in [0.2, 0.25) is 0 Å². The molecule has 19 heavy (non-hydrogen) atoms. The number of nitrogens with one attached hydrogen (secondary N) is 1. The molecule has 1 saturated carbocycles. The number of hydrogen-bond acceptors (Lipinski definition) is 4. The molecule has 2 heterocycles. The van der Waals surface area contributed by atoms with E-state index in [2.05, 4.69) is 34.3 Å². The van der Waals surface area contributed by atoms with Gasteiger partial charge in [-0.15, -0.1) is 5.10 Å². The largest absolute Gasteiger partial charge is 0.351 e. The number of hydrogen-bond donors (Lipinski definition) is 1. The molecule has 0 amide bonds. The van der Waals surface area contributed by atoms with E-state index < -0.39 is 0 Å². The lowest BCUT2D eigenvalue weighted by Gasteiger charge is -2.24. The van der Waals surface area contributed by atoms with E-state index in [9.17, 15) is 4.39 Å². The predicted molar refractivity (Wildman–Crippen MR) is 71.7 cm³/mol. The lowest BCUT2D eigenvalue weighted by Crippen LogP contribution is -2.36. The maximum Gasteiger partial charge on any atom is 0.243 e. The lowest BCUT2D eigenvalue weighted by atomic mass is 10.3. The Hall–Kier alpha value is -1.69. The second kappa shape index (κ2) is 4.77. The molecule has 1 atom stereocenters. The zero-order valence-corrected chi connectivity index (χ0v) is 11.2. The van der Waals surface area contributed by atoms with Crippen LogP contribution in [0.4, 0.5) is 10.3 Å². The van der Waals surface area contributed by atoms with Crippen molar-refractivity contribution in [1.82, 2.24) is 19.5 Å². The van der Waals surface area contributed by atoms with E-state index in [0.29, 0.717) is 17.6 Å². The Morgan fingerprint density at radius 2 is 2.32 bits per heavy atom. The van der Waals surface area contributed by atoms with Crippen LogP contribution in [0.25, 0.3) is 5.65 Å². The van der Waals surface area contributed by atoms with Crippen LogP contribution >= 0.6 is 0 Å². The van der Waals surface area contributed by atoms with Gasteiger partial charge in [-0.2, -0.15) is 4.98 Å². The molecule has 0 saturated heterocycles.